The third-order valence-electron chi connectivity index (χ3n) is 4.53. The van der Waals surface area contributed by atoms with Crippen LogP contribution >= 0.6 is 0 Å². The molecule has 2 amide bonds. The molecule has 0 fully saturated rings. The molecule has 0 saturated carbocycles. The van der Waals surface area contributed by atoms with E-state index in [0.29, 0.717) is 17.3 Å². The number of carbonyl (C=O) groups is 2. The fourth-order valence-electron chi connectivity index (χ4n) is 3.06. The number of nitrogens with one attached hydrogen (secondary N) is 2. The molecule has 1 aromatic heterocycles. The van der Waals surface area contributed by atoms with Crippen molar-refractivity contribution in [3.63, 3.8) is 0 Å². The van der Waals surface area contributed by atoms with Crippen LogP contribution in [0.4, 0.5) is 11.6 Å². The van der Waals surface area contributed by atoms with Gasteiger partial charge in [0.2, 0.25) is 17.8 Å². The van der Waals surface area contributed by atoms with Gasteiger partial charge >= 0.3 is 0 Å². The molecule has 2 aromatic carbocycles. The van der Waals surface area contributed by atoms with E-state index in [1.165, 1.54) is 11.8 Å². The molecule has 0 spiro atoms. The molecule has 2 heterocycles. The van der Waals surface area contributed by atoms with Gasteiger partial charge in [0.15, 0.2) is 5.82 Å². The lowest BCUT2D eigenvalue weighted by atomic mass is 10.1. The van der Waals surface area contributed by atoms with Crippen LogP contribution in [0.5, 0.6) is 5.75 Å². The zero-order valence-electron chi connectivity index (χ0n) is 15.5. The number of hydrogen-bond acceptors (Lipinski definition) is 5. The van der Waals surface area contributed by atoms with Crippen LogP contribution in [-0.2, 0) is 9.59 Å². The molecule has 2 N–H and O–H groups in total. The van der Waals surface area contributed by atoms with Gasteiger partial charge in [0.1, 0.15) is 11.8 Å². The van der Waals surface area contributed by atoms with Crippen molar-refractivity contribution in [2.45, 2.75) is 19.4 Å². The lowest BCUT2D eigenvalue weighted by Gasteiger charge is -2.22. The lowest BCUT2D eigenvalue weighted by Crippen LogP contribution is -2.36. The van der Waals surface area contributed by atoms with E-state index in [1.807, 2.05) is 37.3 Å². The summed E-state index contributed by atoms with van der Waals surface area (Å²) in [5.74, 6) is 0.603. The maximum Gasteiger partial charge on any atom is 0.250 e. The third-order valence-corrected chi connectivity index (χ3v) is 4.53. The largest absolute Gasteiger partial charge is 0.495 e. The Labute approximate surface area is 161 Å². The Kier molecular flexibility index (Phi) is 4.52. The fraction of sp³-hybridized carbons (Fsp3) is 0.200. The van der Waals surface area contributed by atoms with Crippen LogP contribution in [0.25, 0.3) is 11.4 Å². The van der Waals surface area contributed by atoms with Gasteiger partial charge in [0.05, 0.1) is 19.2 Å². The molecule has 0 unspecified atom stereocenters. The van der Waals surface area contributed by atoms with Crippen LogP contribution in [0.3, 0.4) is 0 Å². The number of para-hydroxylation sites is 2. The standard InChI is InChI=1S/C20H19N5O3/c1-12-7-9-13(10-8-12)18-23-20-22-17(26)11-15(25(20)24-18)19(27)21-14-5-3-4-6-16(14)28-2/h3-10,15H,11H2,1-2H3,(H,21,27)(H,22,23,24,26)/t15-/m0/s1. The van der Waals surface area contributed by atoms with E-state index >= 15 is 0 Å². The van der Waals surface area contributed by atoms with Gasteiger partial charge in [-0.25, -0.2) is 4.68 Å². The highest BCUT2D eigenvalue weighted by atomic mass is 16.5. The molecule has 4 rings (SSSR count). The summed E-state index contributed by atoms with van der Waals surface area (Å²) in [5, 5.41) is 9.97. The van der Waals surface area contributed by atoms with Crippen LogP contribution in [0.1, 0.15) is 18.0 Å². The van der Waals surface area contributed by atoms with Gasteiger partial charge in [-0.1, -0.05) is 42.0 Å². The molecular weight excluding hydrogens is 358 g/mol. The molecule has 3 aromatic rings. The Bertz CT molecular complexity index is 1040. The predicted molar refractivity (Wildman–Crippen MR) is 104 cm³/mol. The summed E-state index contributed by atoms with van der Waals surface area (Å²) in [6.45, 7) is 1.99. The number of fused-ring (bicyclic) bond motifs is 1. The number of aromatic nitrogens is 3. The minimum Gasteiger partial charge on any atom is -0.495 e. The Hall–Kier alpha value is -3.68. The summed E-state index contributed by atoms with van der Waals surface area (Å²) < 4.78 is 6.73. The summed E-state index contributed by atoms with van der Waals surface area (Å²) in [7, 11) is 1.53. The van der Waals surface area contributed by atoms with Crippen LogP contribution in [-0.4, -0.2) is 33.7 Å². The molecule has 8 heteroatoms. The SMILES string of the molecule is COc1ccccc1NC(=O)[C@@H]1CC(=O)Nc2nc(-c3ccc(C)cc3)nn21. The molecular formula is C20H19N5O3. The van der Waals surface area contributed by atoms with E-state index in [-0.39, 0.29) is 24.2 Å². The van der Waals surface area contributed by atoms with Gasteiger partial charge < -0.3 is 10.1 Å². The number of rotatable bonds is 4. The van der Waals surface area contributed by atoms with Crippen molar-refractivity contribution in [1.29, 1.82) is 0 Å². The molecule has 1 atom stereocenters. The molecule has 0 aliphatic carbocycles. The monoisotopic (exact) mass is 377 g/mol. The van der Waals surface area contributed by atoms with Gasteiger partial charge in [-0.3, -0.25) is 14.9 Å². The molecule has 8 nitrogen and oxygen atoms in total. The number of aryl methyl sites for hydroxylation is 1. The maximum atomic E-state index is 12.9. The van der Waals surface area contributed by atoms with Crippen molar-refractivity contribution in [2.24, 2.45) is 0 Å². The highest BCUT2D eigenvalue weighted by molar-refractivity contribution is 6.01. The average Bonchev–Trinajstić information content (AvgIpc) is 3.12. The highest BCUT2D eigenvalue weighted by Crippen LogP contribution is 2.29. The van der Waals surface area contributed by atoms with E-state index < -0.39 is 6.04 Å². The summed E-state index contributed by atoms with van der Waals surface area (Å²) in [4.78, 5) is 29.4. The van der Waals surface area contributed by atoms with Gasteiger partial charge in [-0.15, -0.1) is 5.10 Å². The van der Waals surface area contributed by atoms with Crippen LogP contribution in [0.15, 0.2) is 48.5 Å². The van der Waals surface area contributed by atoms with Gasteiger partial charge in [0.25, 0.3) is 0 Å². The molecule has 0 bridgehead atoms. The fourth-order valence-corrected chi connectivity index (χ4v) is 3.06. The summed E-state index contributed by atoms with van der Waals surface area (Å²) in [5.41, 5.74) is 2.46. The topological polar surface area (TPSA) is 98.1 Å². The Morgan fingerprint density at radius 1 is 1.21 bits per heavy atom. The molecule has 0 saturated heterocycles. The van der Waals surface area contributed by atoms with Crippen LogP contribution in [0.2, 0.25) is 0 Å². The zero-order chi connectivity index (χ0) is 19.7. The van der Waals surface area contributed by atoms with E-state index in [0.717, 1.165) is 11.1 Å². The minimum absolute atomic E-state index is 0.0231. The Morgan fingerprint density at radius 3 is 2.71 bits per heavy atom. The number of methoxy groups -OCH3 is 1. The second-order valence-corrected chi connectivity index (χ2v) is 6.53. The molecule has 142 valence electrons. The first kappa shape index (κ1) is 17.7. The second kappa shape index (κ2) is 7.15. The number of anilines is 2. The van der Waals surface area contributed by atoms with Gasteiger partial charge in [0, 0.05) is 5.56 Å². The van der Waals surface area contributed by atoms with E-state index in [2.05, 4.69) is 20.7 Å². The number of hydrogen-bond donors (Lipinski definition) is 2. The summed E-state index contributed by atoms with van der Waals surface area (Å²) in [6, 6.07) is 14.0. The van der Waals surface area contributed by atoms with E-state index in [1.54, 1.807) is 18.2 Å². The molecule has 1 aliphatic rings. The van der Waals surface area contributed by atoms with Crippen LogP contribution in [0, 0.1) is 6.92 Å². The zero-order valence-corrected chi connectivity index (χ0v) is 15.5. The third kappa shape index (κ3) is 3.32. The number of ether oxygens (including phenoxy) is 1. The van der Waals surface area contributed by atoms with Crippen molar-refractivity contribution in [3.05, 3.63) is 54.1 Å². The summed E-state index contributed by atoms with van der Waals surface area (Å²) in [6.07, 6.45) is -0.0231. The van der Waals surface area contributed by atoms with E-state index in [4.69, 9.17) is 4.74 Å². The normalized spacial score (nSPS) is 15.5. The van der Waals surface area contributed by atoms with Crippen molar-refractivity contribution >= 4 is 23.5 Å². The number of amides is 2. The first-order valence-corrected chi connectivity index (χ1v) is 8.82. The number of carbonyl (C=O) groups excluding carboxylic acids is 2. The smallest absolute Gasteiger partial charge is 0.250 e. The first-order chi connectivity index (χ1) is 13.5. The average molecular weight is 377 g/mol. The number of benzene rings is 2. The predicted octanol–water partition coefficient (Wildman–Crippen LogP) is 2.78. The molecule has 1 aliphatic heterocycles. The van der Waals surface area contributed by atoms with E-state index in [9.17, 15) is 9.59 Å². The van der Waals surface area contributed by atoms with Crippen molar-refractivity contribution in [1.82, 2.24) is 14.8 Å². The number of nitrogens with zero attached hydrogens (tertiary/aromatic N) is 3. The molecule has 28 heavy (non-hydrogen) atoms. The lowest BCUT2D eigenvalue weighted by molar-refractivity contribution is -0.125. The van der Waals surface area contributed by atoms with Crippen LogP contribution < -0.4 is 15.4 Å². The quantitative estimate of drug-likeness (QED) is 0.729. The second-order valence-electron chi connectivity index (χ2n) is 6.53. The Balaban J connectivity index is 1.65. The Morgan fingerprint density at radius 2 is 1.96 bits per heavy atom. The van der Waals surface area contributed by atoms with Crippen molar-refractivity contribution < 1.29 is 14.3 Å². The maximum absolute atomic E-state index is 12.9. The van der Waals surface area contributed by atoms with Gasteiger partial charge in [-0.2, -0.15) is 4.98 Å². The molecule has 0 radical (unpaired) electrons. The summed E-state index contributed by atoms with van der Waals surface area (Å²) >= 11 is 0. The van der Waals surface area contributed by atoms with Gasteiger partial charge in [-0.05, 0) is 19.1 Å². The van der Waals surface area contributed by atoms with Crippen molar-refractivity contribution in [2.75, 3.05) is 17.7 Å². The highest BCUT2D eigenvalue weighted by Gasteiger charge is 2.33. The van der Waals surface area contributed by atoms with Crippen molar-refractivity contribution in [3.8, 4) is 17.1 Å². The minimum atomic E-state index is -0.805. The first-order valence-electron chi connectivity index (χ1n) is 8.82.